The second-order valence-electron chi connectivity index (χ2n) is 6.10. The van der Waals surface area contributed by atoms with Gasteiger partial charge in [0.05, 0.1) is 13.2 Å². The summed E-state index contributed by atoms with van der Waals surface area (Å²) >= 11 is 0. The van der Waals surface area contributed by atoms with Gasteiger partial charge in [-0.05, 0) is 36.5 Å². The lowest BCUT2D eigenvalue weighted by Crippen LogP contribution is -2.51. The Kier molecular flexibility index (Phi) is 3.12. The fourth-order valence-electron chi connectivity index (χ4n) is 2.76. The second-order valence-corrected chi connectivity index (χ2v) is 6.10. The van der Waals surface area contributed by atoms with Gasteiger partial charge in [-0.1, -0.05) is 19.1 Å². The molecule has 1 saturated carbocycles. The Morgan fingerprint density at radius 1 is 1.39 bits per heavy atom. The number of rotatable bonds is 4. The van der Waals surface area contributed by atoms with E-state index in [1.807, 2.05) is 6.07 Å². The van der Waals surface area contributed by atoms with Crippen LogP contribution in [0, 0.1) is 11.2 Å². The molecule has 2 aliphatic rings. The molecule has 0 atom stereocenters. The Balaban J connectivity index is 1.45. The highest BCUT2D eigenvalue weighted by molar-refractivity contribution is 5.23. The third-order valence-corrected chi connectivity index (χ3v) is 4.18. The first-order valence-corrected chi connectivity index (χ1v) is 6.71. The van der Waals surface area contributed by atoms with Crippen LogP contribution in [0.15, 0.2) is 24.3 Å². The molecule has 2 nitrogen and oxygen atoms in total. The topological polar surface area (TPSA) is 21.3 Å². The number of benzene rings is 1. The lowest BCUT2D eigenvalue weighted by atomic mass is 9.75. The molecule has 1 aliphatic carbocycles. The van der Waals surface area contributed by atoms with E-state index >= 15 is 0 Å². The van der Waals surface area contributed by atoms with E-state index in [1.54, 1.807) is 12.1 Å². The zero-order chi connectivity index (χ0) is 12.6. The fraction of sp³-hybridized carbons (Fsp3) is 0.600. The highest BCUT2D eigenvalue weighted by atomic mass is 19.1. The summed E-state index contributed by atoms with van der Waals surface area (Å²) in [7, 11) is 0. The van der Waals surface area contributed by atoms with Crippen molar-refractivity contribution >= 4 is 0 Å². The molecule has 1 aromatic rings. The molecule has 1 aromatic carbocycles. The first-order valence-electron chi connectivity index (χ1n) is 6.71. The molecule has 3 heteroatoms. The molecular formula is C15H20FNO. The summed E-state index contributed by atoms with van der Waals surface area (Å²) in [4.78, 5) is 0. The molecule has 1 saturated heterocycles. The lowest BCUT2D eigenvalue weighted by Gasteiger charge is -2.42. The minimum absolute atomic E-state index is 0.122. The molecule has 1 N–H and O–H groups in total. The van der Waals surface area contributed by atoms with Gasteiger partial charge in [0.1, 0.15) is 5.82 Å². The van der Waals surface area contributed by atoms with Crippen molar-refractivity contribution < 1.29 is 9.13 Å². The summed E-state index contributed by atoms with van der Waals surface area (Å²) in [6.45, 7) is 5.04. The molecule has 1 heterocycles. The van der Waals surface area contributed by atoms with Crippen LogP contribution in [0.5, 0.6) is 0 Å². The van der Waals surface area contributed by atoms with Crippen molar-refractivity contribution in [3.8, 4) is 0 Å². The Morgan fingerprint density at radius 3 is 2.78 bits per heavy atom. The molecular weight excluding hydrogens is 229 g/mol. The molecule has 3 rings (SSSR count). The molecule has 2 fully saturated rings. The fourth-order valence-corrected chi connectivity index (χ4v) is 2.76. The van der Waals surface area contributed by atoms with Crippen LogP contribution in [0.3, 0.4) is 0 Å². The number of ether oxygens (including phenoxy) is 1. The van der Waals surface area contributed by atoms with Crippen molar-refractivity contribution in [2.45, 2.75) is 31.7 Å². The SMILES string of the molecule is CC1(CNC2CC(c3cccc(F)c3)C2)COC1. The Bertz CT molecular complexity index is 424. The van der Waals surface area contributed by atoms with Crippen LogP contribution in [0.1, 0.15) is 31.2 Å². The quantitative estimate of drug-likeness (QED) is 0.886. The summed E-state index contributed by atoms with van der Waals surface area (Å²) in [5.74, 6) is 0.409. The molecule has 0 amide bonds. The average molecular weight is 249 g/mol. The number of halogens is 1. The summed E-state index contributed by atoms with van der Waals surface area (Å²) < 4.78 is 18.4. The van der Waals surface area contributed by atoms with Gasteiger partial charge >= 0.3 is 0 Å². The summed E-state index contributed by atoms with van der Waals surface area (Å²) in [5.41, 5.74) is 1.48. The third-order valence-electron chi connectivity index (χ3n) is 4.18. The standard InChI is InChI=1S/C15H20FNO/c1-15(9-18-10-15)8-17-14-6-12(7-14)11-3-2-4-13(16)5-11/h2-5,12,14,17H,6-10H2,1H3. The average Bonchev–Trinajstić information content (AvgIpc) is 2.24. The number of hydrogen-bond donors (Lipinski definition) is 1. The van der Waals surface area contributed by atoms with Crippen molar-refractivity contribution in [2.75, 3.05) is 19.8 Å². The van der Waals surface area contributed by atoms with Gasteiger partial charge in [0.25, 0.3) is 0 Å². The monoisotopic (exact) mass is 249 g/mol. The summed E-state index contributed by atoms with van der Waals surface area (Å²) in [6, 6.07) is 7.61. The van der Waals surface area contributed by atoms with E-state index in [0.29, 0.717) is 17.4 Å². The van der Waals surface area contributed by atoms with Gasteiger partial charge in [0.2, 0.25) is 0 Å². The molecule has 0 spiro atoms. The zero-order valence-electron chi connectivity index (χ0n) is 10.8. The Labute approximate surface area is 108 Å². The van der Waals surface area contributed by atoms with E-state index in [9.17, 15) is 4.39 Å². The Morgan fingerprint density at radius 2 is 2.17 bits per heavy atom. The van der Waals surface area contributed by atoms with E-state index in [-0.39, 0.29) is 5.82 Å². The van der Waals surface area contributed by atoms with Gasteiger partial charge in [-0.15, -0.1) is 0 Å². The van der Waals surface area contributed by atoms with Crippen LogP contribution in [-0.4, -0.2) is 25.8 Å². The maximum absolute atomic E-state index is 13.1. The minimum Gasteiger partial charge on any atom is -0.380 e. The van der Waals surface area contributed by atoms with E-state index in [0.717, 1.165) is 38.2 Å². The van der Waals surface area contributed by atoms with E-state index in [4.69, 9.17) is 4.74 Å². The van der Waals surface area contributed by atoms with Crippen molar-refractivity contribution in [1.82, 2.24) is 5.32 Å². The molecule has 1 aliphatic heterocycles. The van der Waals surface area contributed by atoms with E-state index in [1.165, 1.54) is 6.07 Å². The van der Waals surface area contributed by atoms with Crippen molar-refractivity contribution in [2.24, 2.45) is 5.41 Å². The van der Waals surface area contributed by atoms with Gasteiger partial charge < -0.3 is 10.1 Å². The summed E-state index contributed by atoms with van der Waals surface area (Å²) in [6.07, 6.45) is 2.25. The van der Waals surface area contributed by atoms with Crippen LogP contribution in [0.4, 0.5) is 4.39 Å². The largest absolute Gasteiger partial charge is 0.380 e. The molecule has 98 valence electrons. The summed E-state index contributed by atoms with van der Waals surface area (Å²) in [5, 5.41) is 3.60. The lowest BCUT2D eigenvalue weighted by molar-refractivity contribution is -0.101. The highest BCUT2D eigenvalue weighted by Crippen LogP contribution is 2.37. The smallest absolute Gasteiger partial charge is 0.123 e. The second kappa shape index (κ2) is 4.63. The van der Waals surface area contributed by atoms with Gasteiger partial charge in [0, 0.05) is 18.0 Å². The zero-order valence-corrected chi connectivity index (χ0v) is 10.8. The van der Waals surface area contributed by atoms with Crippen molar-refractivity contribution in [3.63, 3.8) is 0 Å². The molecule has 0 aromatic heterocycles. The predicted octanol–water partition coefficient (Wildman–Crippen LogP) is 2.70. The van der Waals surface area contributed by atoms with Gasteiger partial charge in [-0.2, -0.15) is 0 Å². The number of nitrogens with one attached hydrogen (secondary N) is 1. The molecule has 0 radical (unpaired) electrons. The molecule has 0 unspecified atom stereocenters. The highest BCUT2D eigenvalue weighted by Gasteiger charge is 2.36. The van der Waals surface area contributed by atoms with Crippen molar-refractivity contribution in [3.05, 3.63) is 35.6 Å². The van der Waals surface area contributed by atoms with Crippen LogP contribution >= 0.6 is 0 Å². The van der Waals surface area contributed by atoms with Gasteiger partial charge in [-0.3, -0.25) is 0 Å². The molecule has 18 heavy (non-hydrogen) atoms. The predicted molar refractivity (Wildman–Crippen MR) is 69.1 cm³/mol. The van der Waals surface area contributed by atoms with Gasteiger partial charge in [-0.25, -0.2) is 4.39 Å². The maximum atomic E-state index is 13.1. The first kappa shape index (κ1) is 12.1. The minimum atomic E-state index is -0.122. The first-order chi connectivity index (χ1) is 8.65. The third kappa shape index (κ3) is 2.43. The van der Waals surface area contributed by atoms with Crippen LogP contribution in [0.25, 0.3) is 0 Å². The maximum Gasteiger partial charge on any atom is 0.123 e. The van der Waals surface area contributed by atoms with Gasteiger partial charge in [0.15, 0.2) is 0 Å². The van der Waals surface area contributed by atoms with Crippen LogP contribution < -0.4 is 5.32 Å². The van der Waals surface area contributed by atoms with Crippen molar-refractivity contribution in [1.29, 1.82) is 0 Å². The number of hydrogen-bond acceptors (Lipinski definition) is 2. The molecule has 0 bridgehead atoms. The normalized spacial score (nSPS) is 29.4. The Hall–Kier alpha value is -0.930. The van der Waals surface area contributed by atoms with E-state index < -0.39 is 0 Å². The van der Waals surface area contributed by atoms with E-state index in [2.05, 4.69) is 12.2 Å². The van der Waals surface area contributed by atoms with Crippen LogP contribution in [0.2, 0.25) is 0 Å². The van der Waals surface area contributed by atoms with Crippen LogP contribution in [-0.2, 0) is 4.74 Å².